The molecule has 0 atom stereocenters. The van der Waals surface area contributed by atoms with Crippen molar-refractivity contribution in [1.82, 2.24) is 0 Å². The van der Waals surface area contributed by atoms with E-state index in [-0.39, 0.29) is 53.0 Å². The molecule has 3 N–H and O–H groups in total. The number of aliphatic hydroxyl groups is 1. The van der Waals surface area contributed by atoms with Gasteiger partial charge in [0.25, 0.3) is 5.91 Å². The number of halogens is 2. The Morgan fingerprint density at radius 2 is 2.27 bits per heavy atom. The van der Waals surface area contributed by atoms with Crippen LogP contribution in [0.2, 0.25) is 0 Å². The molecule has 0 aliphatic carbocycles. The number of rotatable bonds is 4. The summed E-state index contributed by atoms with van der Waals surface area (Å²) in [6.07, 6.45) is 0.641. The van der Waals surface area contributed by atoms with Crippen LogP contribution in [-0.2, 0) is 17.8 Å². The molecule has 1 amide bonds. The Morgan fingerprint density at radius 3 is 2.73 bits per heavy atom. The molecule has 88 valence electrons. The zero-order chi connectivity index (χ0) is 9.84. The van der Waals surface area contributed by atoms with E-state index < -0.39 is 0 Å². The van der Waals surface area contributed by atoms with Crippen molar-refractivity contribution in [3.8, 4) is 0 Å². The minimum Gasteiger partial charge on any atom is -1.00 e. The second kappa shape index (κ2) is 8.20. The number of amides is 1. The first-order valence-electron chi connectivity index (χ1n) is 4.00. The van der Waals surface area contributed by atoms with Crippen LogP contribution in [0, 0.1) is 6.92 Å². The summed E-state index contributed by atoms with van der Waals surface area (Å²) in [5, 5.41) is 8.74. The van der Waals surface area contributed by atoms with Crippen molar-refractivity contribution in [1.29, 1.82) is 0 Å². The van der Waals surface area contributed by atoms with Crippen molar-refractivity contribution >= 4 is 34.2 Å². The quantitative estimate of drug-likeness (QED) is 0.559. The van der Waals surface area contributed by atoms with Crippen LogP contribution >= 0.6 is 28.3 Å². The van der Waals surface area contributed by atoms with E-state index in [0.29, 0.717) is 6.42 Å². The zero-order valence-electron chi connectivity index (χ0n) is 8.27. The molecule has 0 saturated heterocycles. The highest BCUT2D eigenvalue weighted by atomic mass is 79.9. The summed E-state index contributed by atoms with van der Waals surface area (Å²) in [5.74, 6) is -0.346. The van der Waals surface area contributed by atoms with Crippen molar-refractivity contribution in [2.45, 2.75) is 19.9 Å². The molecule has 0 aromatic carbocycles. The summed E-state index contributed by atoms with van der Waals surface area (Å²) >= 11 is 1.54. The van der Waals surface area contributed by atoms with Crippen LogP contribution in [0.5, 0.6) is 0 Å². The Kier molecular flexibility index (Phi) is 9.53. The fraction of sp³-hybridized carbons (Fsp3) is 0.500. The van der Waals surface area contributed by atoms with Gasteiger partial charge in [-0.3, -0.25) is 4.79 Å². The number of aliphatic hydroxyl groups excluding tert-OH is 1. The number of nitrogens with two attached hydrogens (primary N) is 1. The fourth-order valence-corrected chi connectivity index (χ4v) is 2.10. The van der Waals surface area contributed by atoms with Crippen LogP contribution in [0.3, 0.4) is 0 Å². The monoisotopic (exact) mass is 360 g/mol. The van der Waals surface area contributed by atoms with Gasteiger partial charge in [0.15, 0.2) is 5.69 Å². The van der Waals surface area contributed by atoms with Crippen LogP contribution in [0.15, 0.2) is 5.51 Å². The van der Waals surface area contributed by atoms with E-state index in [1.54, 1.807) is 4.57 Å². The van der Waals surface area contributed by atoms with Gasteiger partial charge in [-0.05, 0) is 0 Å². The van der Waals surface area contributed by atoms with Gasteiger partial charge in [0.1, 0.15) is 0 Å². The van der Waals surface area contributed by atoms with Gasteiger partial charge in [-0.15, -0.1) is 17.0 Å². The first kappa shape index (κ1) is 17.4. The molecule has 7 heteroatoms. The molecule has 1 aromatic heterocycles. The lowest BCUT2D eigenvalue weighted by Crippen LogP contribution is -3.00. The van der Waals surface area contributed by atoms with Gasteiger partial charge in [0.2, 0.25) is 12.1 Å². The number of thiazole rings is 1. The molecular weight excluding hydrogens is 348 g/mol. The highest BCUT2D eigenvalue weighted by molar-refractivity contribution is 8.93. The molecule has 0 radical (unpaired) electrons. The van der Waals surface area contributed by atoms with Gasteiger partial charge in [-0.2, -0.15) is 4.57 Å². The van der Waals surface area contributed by atoms with E-state index in [4.69, 9.17) is 10.8 Å². The average Bonchev–Trinajstić information content (AvgIpc) is 2.36. The second-order valence-electron chi connectivity index (χ2n) is 2.80. The van der Waals surface area contributed by atoms with Crippen LogP contribution in [0.4, 0.5) is 0 Å². The molecule has 1 aromatic rings. The van der Waals surface area contributed by atoms with E-state index in [1.165, 1.54) is 11.3 Å². The van der Waals surface area contributed by atoms with E-state index in [0.717, 1.165) is 10.6 Å². The maximum absolute atomic E-state index is 10.6. The van der Waals surface area contributed by atoms with Crippen molar-refractivity contribution < 1.29 is 31.4 Å². The maximum atomic E-state index is 10.6. The summed E-state index contributed by atoms with van der Waals surface area (Å²) in [5.41, 5.74) is 7.94. The van der Waals surface area contributed by atoms with E-state index in [2.05, 4.69) is 0 Å². The summed E-state index contributed by atoms with van der Waals surface area (Å²) in [6, 6.07) is 0. The smallest absolute Gasteiger partial charge is 0.283 e. The van der Waals surface area contributed by atoms with Gasteiger partial charge in [-0.1, -0.05) is 11.3 Å². The molecule has 0 bridgehead atoms. The standard InChI is InChI=1S/C8H12N2O2S.2BrH/c1-6-7(2-3-11)13-5-10(6)4-8(9)12;;/h5,11H,2-4H2,1H3,(H-,9,12);2*1H. The minimum absolute atomic E-state index is 0. The fourth-order valence-electron chi connectivity index (χ4n) is 1.12. The summed E-state index contributed by atoms with van der Waals surface area (Å²) < 4.78 is 1.80. The van der Waals surface area contributed by atoms with E-state index in [1.807, 2.05) is 12.4 Å². The predicted molar refractivity (Wildman–Crippen MR) is 59.6 cm³/mol. The molecule has 0 unspecified atom stereocenters. The maximum Gasteiger partial charge on any atom is 0.283 e. The van der Waals surface area contributed by atoms with Crippen molar-refractivity contribution in [2.75, 3.05) is 6.61 Å². The lowest BCUT2D eigenvalue weighted by molar-refractivity contribution is -0.685. The highest BCUT2D eigenvalue weighted by Gasteiger charge is 2.15. The van der Waals surface area contributed by atoms with Gasteiger partial charge in [0, 0.05) is 20.0 Å². The molecular formula is C8H14Br2N2O2S. The Hall–Kier alpha value is 0.0200. The zero-order valence-corrected chi connectivity index (χ0v) is 12.4. The lowest BCUT2D eigenvalue weighted by atomic mass is 10.3. The SMILES string of the molecule is Br.Cc1c(CCO)sc[n+]1CC(N)=O.[Br-]. The first-order chi connectivity index (χ1) is 6.15. The van der Waals surface area contributed by atoms with Gasteiger partial charge in [-0.25, -0.2) is 0 Å². The molecule has 0 spiro atoms. The minimum atomic E-state index is -0.346. The predicted octanol–water partition coefficient (Wildman–Crippen LogP) is -3.05. The van der Waals surface area contributed by atoms with Gasteiger partial charge < -0.3 is 27.8 Å². The largest absolute Gasteiger partial charge is 1.00 e. The van der Waals surface area contributed by atoms with E-state index in [9.17, 15) is 4.79 Å². The number of carbonyl (C=O) groups excluding carboxylic acids is 1. The van der Waals surface area contributed by atoms with Gasteiger partial charge in [0.05, 0.1) is 4.88 Å². The summed E-state index contributed by atoms with van der Waals surface area (Å²) in [7, 11) is 0. The first-order valence-corrected chi connectivity index (χ1v) is 4.88. The van der Waals surface area contributed by atoms with Crippen LogP contribution in [-0.4, -0.2) is 17.6 Å². The van der Waals surface area contributed by atoms with E-state index >= 15 is 0 Å². The normalized spacial score (nSPS) is 8.93. The molecule has 0 aliphatic heterocycles. The second-order valence-corrected chi connectivity index (χ2v) is 3.74. The number of primary amides is 1. The number of hydrogen-bond donors (Lipinski definition) is 2. The Balaban J connectivity index is 0. The molecule has 1 rings (SSSR count). The molecule has 1 heterocycles. The molecule has 0 fully saturated rings. The third-order valence-electron chi connectivity index (χ3n) is 1.82. The Labute approximate surface area is 114 Å². The summed E-state index contributed by atoms with van der Waals surface area (Å²) in [4.78, 5) is 11.7. The number of nitrogens with zero attached hydrogens (tertiary/aromatic N) is 1. The lowest BCUT2D eigenvalue weighted by Gasteiger charge is -1.92. The Morgan fingerprint density at radius 1 is 1.67 bits per heavy atom. The van der Waals surface area contributed by atoms with Crippen molar-refractivity contribution in [3.05, 3.63) is 16.1 Å². The number of carbonyl (C=O) groups is 1. The highest BCUT2D eigenvalue weighted by Crippen LogP contribution is 2.10. The molecule has 4 nitrogen and oxygen atoms in total. The Bertz CT molecular complexity index is 318. The van der Waals surface area contributed by atoms with Gasteiger partial charge >= 0.3 is 0 Å². The van der Waals surface area contributed by atoms with Crippen molar-refractivity contribution in [3.63, 3.8) is 0 Å². The molecule has 0 saturated carbocycles. The third kappa shape index (κ3) is 5.05. The van der Waals surface area contributed by atoms with Crippen LogP contribution < -0.4 is 27.3 Å². The van der Waals surface area contributed by atoms with Crippen LogP contribution in [0.1, 0.15) is 10.6 Å². The number of hydrogen-bond acceptors (Lipinski definition) is 3. The molecule has 0 aliphatic rings. The molecule has 15 heavy (non-hydrogen) atoms. The average molecular weight is 362 g/mol. The van der Waals surface area contributed by atoms with Crippen LogP contribution in [0.25, 0.3) is 0 Å². The third-order valence-corrected chi connectivity index (χ3v) is 2.97. The topological polar surface area (TPSA) is 67.2 Å². The number of aromatic nitrogens is 1. The summed E-state index contributed by atoms with van der Waals surface area (Å²) in [6.45, 7) is 2.27. The van der Waals surface area contributed by atoms with Crippen molar-refractivity contribution in [2.24, 2.45) is 5.73 Å².